The second kappa shape index (κ2) is 6.76. The van der Waals surface area contributed by atoms with Crippen molar-refractivity contribution in [2.45, 2.75) is 6.10 Å². The highest BCUT2D eigenvalue weighted by atomic mass is 16.3. The molecule has 0 saturated heterocycles. The smallest absolute Gasteiger partial charge is 0.251 e. The van der Waals surface area contributed by atoms with Crippen LogP contribution in [-0.2, 0) is 0 Å². The fourth-order valence-corrected chi connectivity index (χ4v) is 2.01. The summed E-state index contributed by atoms with van der Waals surface area (Å²) < 4.78 is 0. The van der Waals surface area contributed by atoms with E-state index >= 15 is 0 Å². The minimum absolute atomic E-state index is 0.183. The maximum atomic E-state index is 11.5. The lowest BCUT2D eigenvalue weighted by Crippen LogP contribution is -2.18. The van der Waals surface area contributed by atoms with Gasteiger partial charge in [-0.15, -0.1) is 0 Å². The second-order valence-electron chi connectivity index (χ2n) is 4.69. The molecule has 0 aliphatic carbocycles. The van der Waals surface area contributed by atoms with E-state index < -0.39 is 6.10 Å². The van der Waals surface area contributed by atoms with Gasteiger partial charge in [-0.05, 0) is 23.8 Å². The number of hydrogen-bond acceptors (Lipinski definition) is 4. The first-order chi connectivity index (χ1) is 10.1. The number of anilines is 2. The Morgan fingerprint density at radius 1 is 1.24 bits per heavy atom. The highest BCUT2D eigenvalue weighted by Gasteiger charge is 2.09. The zero-order chi connectivity index (χ0) is 15.2. The van der Waals surface area contributed by atoms with Crippen molar-refractivity contribution in [1.29, 1.82) is 0 Å². The molecule has 110 valence electrons. The van der Waals surface area contributed by atoms with Crippen molar-refractivity contribution in [3.8, 4) is 0 Å². The number of amides is 1. The van der Waals surface area contributed by atoms with Gasteiger partial charge in [-0.25, -0.2) is 0 Å². The number of nitrogens with one attached hydrogen (secondary N) is 2. The normalized spacial score (nSPS) is 11.7. The van der Waals surface area contributed by atoms with E-state index in [-0.39, 0.29) is 5.91 Å². The van der Waals surface area contributed by atoms with Crippen LogP contribution in [0.5, 0.6) is 0 Å². The van der Waals surface area contributed by atoms with Crippen molar-refractivity contribution < 1.29 is 9.90 Å². The van der Waals surface area contributed by atoms with Gasteiger partial charge in [0, 0.05) is 19.2 Å². The average Bonchev–Trinajstić information content (AvgIpc) is 2.53. The first-order valence-electron chi connectivity index (χ1n) is 6.70. The van der Waals surface area contributed by atoms with Gasteiger partial charge in [0.1, 0.15) is 0 Å². The summed E-state index contributed by atoms with van der Waals surface area (Å²) in [6.45, 7) is 0.341. The number of benzene rings is 2. The molecule has 0 heterocycles. The number of aliphatic hydroxyl groups excluding tert-OH is 1. The Balaban J connectivity index is 2.02. The fourth-order valence-electron chi connectivity index (χ4n) is 2.01. The van der Waals surface area contributed by atoms with E-state index in [1.54, 1.807) is 25.2 Å². The first-order valence-corrected chi connectivity index (χ1v) is 6.70. The van der Waals surface area contributed by atoms with Gasteiger partial charge < -0.3 is 21.5 Å². The van der Waals surface area contributed by atoms with Crippen molar-refractivity contribution in [2.75, 3.05) is 24.6 Å². The largest absolute Gasteiger partial charge is 0.397 e. The zero-order valence-corrected chi connectivity index (χ0v) is 11.8. The third-order valence-corrected chi connectivity index (χ3v) is 3.21. The summed E-state index contributed by atoms with van der Waals surface area (Å²) >= 11 is 0. The van der Waals surface area contributed by atoms with Crippen LogP contribution in [0.4, 0.5) is 11.4 Å². The fraction of sp³-hybridized carbons (Fsp3) is 0.188. The Hall–Kier alpha value is -2.53. The van der Waals surface area contributed by atoms with Crippen LogP contribution in [0.15, 0.2) is 48.5 Å². The van der Waals surface area contributed by atoms with E-state index in [1.807, 2.05) is 30.3 Å². The molecule has 0 saturated carbocycles. The van der Waals surface area contributed by atoms with Crippen LogP contribution >= 0.6 is 0 Å². The summed E-state index contributed by atoms with van der Waals surface area (Å²) in [5.41, 5.74) is 8.42. The number of aliphatic hydroxyl groups is 1. The van der Waals surface area contributed by atoms with Crippen molar-refractivity contribution in [1.82, 2.24) is 5.32 Å². The molecule has 2 rings (SSSR count). The molecule has 0 bridgehead atoms. The Bertz CT molecular complexity index is 614. The maximum Gasteiger partial charge on any atom is 0.251 e. The lowest BCUT2D eigenvalue weighted by Gasteiger charge is -2.15. The number of hydrogen-bond donors (Lipinski definition) is 4. The molecule has 2 aromatic rings. The molecule has 5 nitrogen and oxygen atoms in total. The average molecular weight is 285 g/mol. The van der Waals surface area contributed by atoms with Crippen LogP contribution in [0.1, 0.15) is 22.0 Å². The van der Waals surface area contributed by atoms with E-state index in [0.717, 1.165) is 5.56 Å². The first kappa shape index (κ1) is 14.9. The standard InChI is InChI=1S/C16H19N3O2/c1-18-16(21)12-7-8-14(13(17)9-12)19-10-15(20)11-5-3-2-4-6-11/h2-9,15,19-20H,10,17H2,1H3,(H,18,21). The summed E-state index contributed by atoms with van der Waals surface area (Å²) in [5.74, 6) is -0.183. The van der Waals surface area contributed by atoms with Gasteiger partial charge in [-0.2, -0.15) is 0 Å². The van der Waals surface area contributed by atoms with Crippen LogP contribution in [-0.4, -0.2) is 24.6 Å². The summed E-state index contributed by atoms with van der Waals surface area (Å²) in [5, 5.41) is 15.7. The molecular formula is C16H19N3O2. The van der Waals surface area contributed by atoms with Gasteiger partial charge >= 0.3 is 0 Å². The highest BCUT2D eigenvalue weighted by Crippen LogP contribution is 2.21. The van der Waals surface area contributed by atoms with E-state index in [9.17, 15) is 9.90 Å². The minimum atomic E-state index is -0.621. The Labute approximate surface area is 123 Å². The molecule has 5 heteroatoms. The van der Waals surface area contributed by atoms with E-state index in [1.165, 1.54) is 0 Å². The van der Waals surface area contributed by atoms with Gasteiger partial charge in [0.15, 0.2) is 0 Å². The van der Waals surface area contributed by atoms with Gasteiger partial charge in [-0.1, -0.05) is 30.3 Å². The summed E-state index contributed by atoms with van der Waals surface area (Å²) in [7, 11) is 1.57. The Morgan fingerprint density at radius 2 is 1.95 bits per heavy atom. The quantitative estimate of drug-likeness (QED) is 0.631. The molecule has 0 radical (unpaired) electrons. The van der Waals surface area contributed by atoms with Gasteiger partial charge in [0.05, 0.1) is 17.5 Å². The number of carbonyl (C=O) groups is 1. The third kappa shape index (κ3) is 3.73. The van der Waals surface area contributed by atoms with Crippen molar-refractivity contribution in [2.24, 2.45) is 0 Å². The van der Waals surface area contributed by atoms with E-state index in [4.69, 9.17) is 5.73 Å². The van der Waals surface area contributed by atoms with Gasteiger partial charge in [0.2, 0.25) is 0 Å². The number of rotatable bonds is 5. The molecule has 2 aromatic carbocycles. The number of carbonyl (C=O) groups excluding carboxylic acids is 1. The van der Waals surface area contributed by atoms with E-state index in [0.29, 0.717) is 23.5 Å². The molecule has 0 aliphatic rings. The van der Waals surface area contributed by atoms with Crippen LogP contribution in [0.3, 0.4) is 0 Å². The number of nitrogen functional groups attached to an aromatic ring is 1. The Kier molecular flexibility index (Phi) is 4.79. The van der Waals surface area contributed by atoms with Crippen LogP contribution in [0.2, 0.25) is 0 Å². The molecule has 1 unspecified atom stereocenters. The van der Waals surface area contributed by atoms with Crippen LogP contribution < -0.4 is 16.4 Å². The van der Waals surface area contributed by atoms with E-state index in [2.05, 4.69) is 10.6 Å². The van der Waals surface area contributed by atoms with Crippen molar-refractivity contribution in [3.05, 3.63) is 59.7 Å². The molecule has 1 atom stereocenters. The molecular weight excluding hydrogens is 266 g/mol. The topological polar surface area (TPSA) is 87.4 Å². The van der Waals surface area contributed by atoms with Crippen LogP contribution in [0, 0.1) is 0 Å². The van der Waals surface area contributed by atoms with Gasteiger partial charge in [-0.3, -0.25) is 4.79 Å². The predicted molar refractivity (Wildman–Crippen MR) is 84.1 cm³/mol. The van der Waals surface area contributed by atoms with Gasteiger partial charge in [0.25, 0.3) is 5.91 Å². The zero-order valence-electron chi connectivity index (χ0n) is 11.8. The van der Waals surface area contributed by atoms with Crippen molar-refractivity contribution in [3.63, 3.8) is 0 Å². The second-order valence-corrected chi connectivity index (χ2v) is 4.69. The molecule has 0 aliphatic heterocycles. The SMILES string of the molecule is CNC(=O)c1ccc(NCC(O)c2ccccc2)c(N)c1. The molecule has 21 heavy (non-hydrogen) atoms. The maximum absolute atomic E-state index is 11.5. The van der Waals surface area contributed by atoms with Crippen molar-refractivity contribution >= 4 is 17.3 Å². The molecule has 0 fully saturated rings. The summed E-state index contributed by atoms with van der Waals surface area (Å²) in [6.07, 6.45) is -0.621. The molecule has 0 aromatic heterocycles. The lowest BCUT2D eigenvalue weighted by molar-refractivity contribution is 0.0963. The highest BCUT2D eigenvalue weighted by molar-refractivity contribution is 5.95. The lowest BCUT2D eigenvalue weighted by atomic mass is 10.1. The third-order valence-electron chi connectivity index (χ3n) is 3.21. The summed E-state index contributed by atoms with van der Waals surface area (Å²) in [4.78, 5) is 11.5. The monoisotopic (exact) mass is 285 g/mol. The number of nitrogens with two attached hydrogens (primary N) is 1. The minimum Gasteiger partial charge on any atom is -0.397 e. The molecule has 1 amide bonds. The summed E-state index contributed by atoms with van der Waals surface area (Å²) in [6, 6.07) is 14.4. The molecule has 5 N–H and O–H groups in total. The molecule has 0 spiro atoms. The Morgan fingerprint density at radius 3 is 2.57 bits per heavy atom. The van der Waals surface area contributed by atoms with Crippen LogP contribution in [0.25, 0.3) is 0 Å². The predicted octanol–water partition coefficient (Wildman–Crippen LogP) is 1.77.